The van der Waals surface area contributed by atoms with E-state index in [0.717, 1.165) is 12.8 Å². The molecule has 29 heavy (non-hydrogen) atoms. The van der Waals surface area contributed by atoms with E-state index in [2.05, 4.69) is 15.0 Å². The van der Waals surface area contributed by atoms with Gasteiger partial charge in [0.05, 0.1) is 5.56 Å². The fourth-order valence-electron chi connectivity index (χ4n) is 3.43. The summed E-state index contributed by atoms with van der Waals surface area (Å²) in [5, 5.41) is 0. The molecule has 1 aliphatic rings. The first-order valence-corrected chi connectivity index (χ1v) is 9.36. The highest BCUT2D eigenvalue weighted by molar-refractivity contribution is 5.94. The SMILES string of the molecule is Nc1ccc(C(=O)N2CCC[C@@H](c3nccnc3Oc3ccccc3F)C2)cn1. The van der Waals surface area contributed by atoms with Gasteiger partial charge in [-0.2, -0.15) is 0 Å². The number of aromatic nitrogens is 3. The van der Waals surface area contributed by atoms with Crippen LogP contribution < -0.4 is 10.5 Å². The van der Waals surface area contributed by atoms with Crippen LogP contribution in [0.5, 0.6) is 11.6 Å². The van der Waals surface area contributed by atoms with E-state index in [1.54, 1.807) is 41.4 Å². The van der Waals surface area contributed by atoms with E-state index in [-0.39, 0.29) is 23.5 Å². The Morgan fingerprint density at radius 3 is 2.76 bits per heavy atom. The minimum atomic E-state index is -0.472. The van der Waals surface area contributed by atoms with E-state index >= 15 is 0 Å². The van der Waals surface area contributed by atoms with Gasteiger partial charge in [0.15, 0.2) is 11.6 Å². The van der Waals surface area contributed by atoms with Gasteiger partial charge in [-0.3, -0.25) is 9.78 Å². The number of rotatable bonds is 4. The van der Waals surface area contributed by atoms with Crippen LogP contribution in [-0.2, 0) is 0 Å². The molecule has 1 amide bonds. The predicted octanol–water partition coefficient (Wildman–Crippen LogP) is 3.41. The van der Waals surface area contributed by atoms with E-state index in [9.17, 15) is 9.18 Å². The standard InChI is InChI=1S/C21H20FN5O2/c22-16-5-1-2-6-17(16)29-20-19(24-9-10-25-20)15-4-3-11-27(13-15)21(28)14-7-8-18(23)26-12-14/h1-2,5-10,12,15H,3-4,11,13H2,(H2,23,26)/t15-/m1/s1. The molecule has 1 aromatic carbocycles. The van der Waals surface area contributed by atoms with E-state index in [4.69, 9.17) is 10.5 Å². The number of benzene rings is 1. The zero-order valence-corrected chi connectivity index (χ0v) is 15.7. The summed E-state index contributed by atoms with van der Waals surface area (Å²) < 4.78 is 19.7. The topological polar surface area (TPSA) is 94.2 Å². The summed E-state index contributed by atoms with van der Waals surface area (Å²) in [6, 6.07) is 9.43. The number of amides is 1. The number of nitrogens with two attached hydrogens (primary N) is 1. The van der Waals surface area contributed by atoms with E-state index < -0.39 is 5.82 Å². The normalized spacial score (nSPS) is 16.4. The van der Waals surface area contributed by atoms with Gasteiger partial charge in [0.2, 0.25) is 5.88 Å². The Morgan fingerprint density at radius 2 is 1.97 bits per heavy atom. The van der Waals surface area contributed by atoms with Crippen LogP contribution in [-0.4, -0.2) is 38.8 Å². The smallest absolute Gasteiger partial charge is 0.255 e. The van der Waals surface area contributed by atoms with Gasteiger partial charge in [-0.1, -0.05) is 12.1 Å². The number of piperidine rings is 1. The number of hydrogen-bond donors (Lipinski definition) is 1. The molecule has 1 atom stereocenters. The number of ether oxygens (including phenoxy) is 1. The summed E-state index contributed by atoms with van der Waals surface area (Å²) in [5.74, 6) is 0.0672. The van der Waals surface area contributed by atoms with Gasteiger partial charge in [0.25, 0.3) is 5.91 Å². The molecule has 1 aliphatic heterocycles. The lowest BCUT2D eigenvalue weighted by molar-refractivity contribution is 0.0704. The summed E-state index contributed by atoms with van der Waals surface area (Å²) >= 11 is 0. The molecule has 1 fully saturated rings. The number of carbonyl (C=O) groups excluding carboxylic acids is 1. The average molecular weight is 393 g/mol. The number of para-hydroxylation sites is 1. The summed E-state index contributed by atoms with van der Waals surface area (Å²) in [7, 11) is 0. The van der Waals surface area contributed by atoms with Crippen LogP contribution >= 0.6 is 0 Å². The average Bonchev–Trinajstić information content (AvgIpc) is 2.76. The highest BCUT2D eigenvalue weighted by Crippen LogP contribution is 2.33. The molecule has 2 aromatic heterocycles. The molecule has 7 nitrogen and oxygen atoms in total. The number of nitrogens with zero attached hydrogens (tertiary/aromatic N) is 4. The van der Waals surface area contributed by atoms with Crippen molar-refractivity contribution in [1.82, 2.24) is 19.9 Å². The number of carbonyl (C=O) groups is 1. The van der Waals surface area contributed by atoms with E-state index in [1.165, 1.54) is 18.5 Å². The highest BCUT2D eigenvalue weighted by atomic mass is 19.1. The summed E-state index contributed by atoms with van der Waals surface area (Å²) in [4.78, 5) is 27.3. The van der Waals surface area contributed by atoms with Crippen molar-refractivity contribution in [2.75, 3.05) is 18.8 Å². The Hall–Kier alpha value is -3.55. The van der Waals surface area contributed by atoms with Gasteiger partial charge < -0.3 is 15.4 Å². The largest absolute Gasteiger partial charge is 0.434 e. The van der Waals surface area contributed by atoms with Crippen LogP contribution in [0.1, 0.15) is 34.8 Å². The molecule has 0 radical (unpaired) electrons. The zero-order chi connectivity index (χ0) is 20.2. The Bertz CT molecular complexity index is 1010. The van der Waals surface area contributed by atoms with Crippen LogP contribution in [0.25, 0.3) is 0 Å². The fraction of sp³-hybridized carbons (Fsp3) is 0.238. The lowest BCUT2D eigenvalue weighted by atomic mass is 9.94. The summed E-state index contributed by atoms with van der Waals surface area (Å²) in [6.07, 6.45) is 6.21. The second-order valence-corrected chi connectivity index (χ2v) is 6.84. The van der Waals surface area contributed by atoms with Gasteiger partial charge in [-0.15, -0.1) is 0 Å². The van der Waals surface area contributed by atoms with Crippen molar-refractivity contribution in [3.63, 3.8) is 0 Å². The number of anilines is 1. The first kappa shape index (κ1) is 18.8. The van der Waals surface area contributed by atoms with Crippen molar-refractivity contribution in [3.8, 4) is 11.6 Å². The first-order chi connectivity index (χ1) is 14.1. The quantitative estimate of drug-likeness (QED) is 0.730. The monoisotopic (exact) mass is 393 g/mol. The molecule has 148 valence electrons. The molecule has 1 saturated heterocycles. The number of likely N-dealkylation sites (tertiary alicyclic amines) is 1. The van der Waals surface area contributed by atoms with Crippen LogP contribution in [0.4, 0.5) is 10.2 Å². The van der Waals surface area contributed by atoms with Crippen molar-refractivity contribution in [2.45, 2.75) is 18.8 Å². The third-order valence-corrected chi connectivity index (χ3v) is 4.86. The Morgan fingerprint density at radius 1 is 1.14 bits per heavy atom. The van der Waals surface area contributed by atoms with Crippen LogP contribution in [0, 0.1) is 5.82 Å². The van der Waals surface area contributed by atoms with E-state index in [0.29, 0.717) is 30.2 Å². The third kappa shape index (κ3) is 4.16. The molecule has 0 bridgehead atoms. The van der Waals surface area contributed by atoms with Crippen molar-refractivity contribution in [1.29, 1.82) is 0 Å². The molecule has 0 spiro atoms. The van der Waals surface area contributed by atoms with Crippen molar-refractivity contribution < 1.29 is 13.9 Å². The Balaban J connectivity index is 1.55. The van der Waals surface area contributed by atoms with E-state index in [1.807, 2.05) is 0 Å². The molecule has 8 heteroatoms. The number of nitrogen functional groups attached to an aromatic ring is 1. The summed E-state index contributed by atoms with van der Waals surface area (Å²) in [6.45, 7) is 1.11. The molecular formula is C21H20FN5O2. The number of halogens is 1. The number of hydrogen-bond acceptors (Lipinski definition) is 6. The Kier molecular flexibility index (Phi) is 5.33. The van der Waals surface area contributed by atoms with Crippen molar-refractivity contribution in [2.24, 2.45) is 0 Å². The second-order valence-electron chi connectivity index (χ2n) is 6.84. The van der Waals surface area contributed by atoms with Gasteiger partial charge in [-0.25, -0.2) is 14.4 Å². The predicted molar refractivity (Wildman–Crippen MR) is 105 cm³/mol. The van der Waals surface area contributed by atoms with Gasteiger partial charge in [0, 0.05) is 37.6 Å². The number of pyridine rings is 1. The lowest BCUT2D eigenvalue weighted by Crippen LogP contribution is -2.39. The summed E-state index contributed by atoms with van der Waals surface area (Å²) in [5.41, 5.74) is 6.70. The zero-order valence-electron chi connectivity index (χ0n) is 15.7. The molecule has 0 unspecified atom stereocenters. The highest BCUT2D eigenvalue weighted by Gasteiger charge is 2.29. The second kappa shape index (κ2) is 8.22. The fourth-order valence-corrected chi connectivity index (χ4v) is 3.43. The molecule has 4 rings (SSSR count). The molecule has 0 aliphatic carbocycles. The third-order valence-electron chi connectivity index (χ3n) is 4.86. The molecule has 3 aromatic rings. The maximum Gasteiger partial charge on any atom is 0.255 e. The minimum absolute atomic E-state index is 0.0649. The molecule has 3 heterocycles. The van der Waals surface area contributed by atoms with Crippen LogP contribution in [0.15, 0.2) is 55.0 Å². The Labute approximate surface area is 167 Å². The van der Waals surface area contributed by atoms with Crippen molar-refractivity contribution >= 4 is 11.7 Å². The maximum atomic E-state index is 14.0. The van der Waals surface area contributed by atoms with Gasteiger partial charge in [-0.05, 0) is 37.1 Å². The van der Waals surface area contributed by atoms with Crippen LogP contribution in [0.2, 0.25) is 0 Å². The molecular weight excluding hydrogens is 373 g/mol. The lowest BCUT2D eigenvalue weighted by Gasteiger charge is -2.32. The maximum absolute atomic E-state index is 14.0. The minimum Gasteiger partial charge on any atom is -0.434 e. The molecule has 2 N–H and O–H groups in total. The first-order valence-electron chi connectivity index (χ1n) is 9.36. The van der Waals surface area contributed by atoms with Gasteiger partial charge >= 0.3 is 0 Å². The van der Waals surface area contributed by atoms with Crippen molar-refractivity contribution in [3.05, 3.63) is 72.1 Å². The van der Waals surface area contributed by atoms with Gasteiger partial charge in [0.1, 0.15) is 11.5 Å². The molecule has 0 saturated carbocycles. The van der Waals surface area contributed by atoms with Crippen LogP contribution in [0.3, 0.4) is 0 Å².